The molecule has 6 heteroatoms. The summed E-state index contributed by atoms with van der Waals surface area (Å²) >= 11 is 0. The second kappa shape index (κ2) is 6.22. The fraction of sp³-hybridized carbons (Fsp3) is 0.438. The van der Waals surface area contributed by atoms with Crippen LogP contribution in [0.25, 0.3) is 0 Å². The predicted octanol–water partition coefficient (Wildman–Crippen LogP) is 2.17. The molecule has 120 valence electrons. The molecule has 5 nitrogen and oxygen atoms in total. The summed E-state index contributed by atoms with van der Waals surface area (Å²) in [5, 5.41) is 4.35. The van der Waals surface area contributed by atoms with Crippen molar-refractivity contribution in [1.29, 1.82) is 0 Å². The summed E-state index contributed by atoms with van der Waals surface area (Å²) in [7, 11) is -1.58. The molecule has 0 bridgehead atoms. The summed E-state index contributed by atoms with van der Waals surface area (Å²) < 4.78 is 29.3. The summed E-state index contributed by atoms with van der Waals surface area (Å²) in [4.78, 5) is 0.345. The molecular weight excluding hydrogens is 298 g/mol. The van der Waals surface area contributed by atoms with Gasteiger partial charge in [0.25, 0.3) is 0 Å². The molecule has 1 aromatic heterocycles. The van der Waals surface area contributed by atoms with Gasteiger partial charge in [0.2, 0.25) is 10.0 Å². The van der Waals surface area contributed by atoms with Crippen LogP contribution in [0.5, 0.6) is 0 Å². The average Bonchev–Trinajstić information content (AvgIpc) is 2.64. The molecule has 0 saturated carbocycles. The molecule has 0 unspecified atom stereocenters. The lowest BCUT2D eigenvalue weighted by molar-refractivity contribution is 0.581. The molecule has 0 amide bonds. The van der Waals surface area contributed by atoms with Crippen LogP contribution in [0.1, 0.15) is 28.1 Å². The molecule has 0 fully saturated rings. The number of hydrogen-bond acceptors (Lipinski definition) is 3. The fourth-order valence-electron chi connectivity index (χ4n) is 2.67. The Hall–Kier alpha value is -1.66. The van der Waals surface area contributed by atoms with E-state index in [2.05, 4.69) is 9.82 Å². The highest BCUT2D eigenvalue weighted by atomic mass is 32.2. The molecule has 1 heterocycles. The number of nitrogens with one attached hydrogen (secondary N) is 1. The lowest BCUT2D eigenvalue weighted by atomic mass is 10.1. The summed E-state index contributed by atoms with van der Waals surface area (Å²) in [5.41, 5.74) is 4.94. The van der Waals surface area contributed by atoms with Gasteiger partial charge in [-0.25, -0.2) is 13.1 Å². The van der Waals surface area contributed by atoms with E-state index in [0.29, 0.717) is 17.9 Å². The monoisotopic (exact) mass is 321 g/mol. The van der Waals surface area contributed by atoms with Crippen LogP contribution in [-0.4, -0.2) is 24.7 Å². The third kappa shape index (κ3) is 3.39. The van der Waals surface area contributed by atoms with Crippen molar-refractivity contribution in [3.8, 4) is 0 Å². The van der Waals surface area contributed by atoms with Gasteiger partial charge in [0, 0.05) is 19.3 Å². The van der Waals surface area contributed by atoms with Crippen molar-refractivity contribution in [2.24, 2.45) is 7.05 Å². The Morgan fingerprint density at radius 2 is 1.86 bits per heavy atom. The molecule has 1 N–H and O–H groups in total. The number of hydrogen-bond donors (Lipinski definition) is 1. The number of nitrogens with zero attached hydrogens (tertiary/aromatic N) is 2. The van der Waals surface area contributed by atoms with Gasteiger partial charge >= 0.3 is 0 Å². The maximum atomic E-state index is 12.4. The van der Waals surface area contributed by atoms with E-state index in [0.717, 1.165) is 28.1 Å². The highest BCUT2D eigenvalue weighted by Crippen LogP contribution is 2.17. The standard InChI is InChI=1S/C16H23N3O2S/c1-11-6-7-16(12(2)10-11)22(20,21)17-9-8-15-13(3)18-19(5)14(15)4/h6-7,10,17H,8-9H2,1-5H3. The lowest BCUT2D eigenvalue weighted by Gasteiger charge is -2.10. The maximum Gasteiger partial charge on any atom is 0.240 e. The Morgan fingerprint density at radius 1 is 1.18 bits per heavy atom. The highest BCUT2D eigenvalue weighted by Gasteiger charge is 2.17. The van der Waals surface area contributed by atoms with Crippen LogP contribution in [0.2, 0.25) is 0 Å². The minimum atomic E-state index is -3.47. The lowest BCUT2D eigenvalue weighted by Crippen LogP contribution is -2.26. The van der Waals surface area contributed by atoms with E-state index in [1.807, 2.05) is 51.6 Å². The van der Waals surface area contributed by atoms with Crippen molar-refractivity contribution >= 4 is 10.0 Å². The molecule has 0 aliphatic rings. The number of benzene rings is 1. The third-order valence-corrected chi connectivity index (χ3v) is 5.57. The number of aryl methyl sites for hydroxylation is 4. The van der Waals surface area contributed by atoms with E-state index in [9.17, 15) is 8.42 Å². The van der Waals surface area contributed by atoms with Crippen LogP contribution in [0.3, 0.4) is 0 Å². The zero-order valence-electron chi connectivity index (χ0n) is 13.8. The van der Waals surface area contributed by atoms with E-state index in [1.54, 1.807) is 6.07 Å². The predicted molar refractivity (Wildman–Crippen MR) is 87.5 cm³/mol. The van der Waals surface area contributed by atoms with Crippen LogP contribution in [0.4, 0.5) is 0 Å². The minimum absolute atomic E-state index is 0.345. The first-order chi connectivity index (χ1) is 10.2. The van der Waals surface area contributed by atoms with Crippen LogP contribution < -0.4 is 4.72 Å². The van der Waals surface area contributed by atoms with Gasteiger partial charge in [-0.05, 0) is 51.3 Å². The molecule has 0 aliphatic carbocycles. The van der Waals surface area contributed by atoms with Gasteiger partial charge in [0.1, 0.15) is 0 Å². The Bertz CT molecular complexity index is 792. The molecule has 0 radical (unpaired) electrons. The maximum absolute atomic E-state index is 12.4. The van der Waals surface area contributed by atoms with E-state index in [1.165, 1.54) is 0 Å². The highest BCUT2D eigenvalue weighted by molar-refractivity contribution is 7.89. The number of sulfonamides is 1. The molecule has 2 aromatic rings. The van der Waals surface area contributed by atoms with Gasteiger partial charge in [-0.2, -0.15) is 5.10 Å². The SMILES string of the molecule is Cc1ccc(S(=O)(=O)NCCc2c(C)nn(C)c2C)c(C)c1. The van der Waals surface area contributed by atoms with Crippen LogP contribution in [0.15, 0.2) is 23.1 Å². The summed E-state index contributed by atoms with van der Waals surface area (Å²) in [6, 6.07) is 5.36. The van der Waals surface area contributed by atoms with Crippen LogP contribution in [0, 0.1) is 27.7 Å². The average molecular weight is 321 g/mol. The second-order valence-corrected chi connectivity index (χ2v) is 7.43. The van der Waals surface area contributed by atoms with Crippen molar-refractivity contribution in [2.75, 3.05) is 6.54 Å². The van der Waals surface area contributed by atoms with Gasteiger partial charge in [-0.15, -0.1) is 0 Å². The Morgan fingerprint density at radius 3 is 2.41 bits per heavy atom. The summed E-state index contributed by atoms with van der Waals surface area (Å²) in [6.45, 7) is 8.07. The first-order valence-electron chi connectivity index (χ1n) is 7.28. The normalized spacial score (nSPS) is 11.9. The second-order valence-electron chi connectivity index (χ2n) is 5.69. The van der Waals surface area contributed by atoms with Gasteiger partial charge in [0.15, 0.2) is 0 Å². The first-order valence-corrected chi connectivity index (χ1v) is 8.76. The van der Waals surface area contributed by atoms with Crippen LogP contribution in [-0.2, 0) is 23.5 Å². The smallest absolute Gasteiger partial charge is 0.240 e. The fourth-order valence-corrected chi connectivity index (χ4v) is 3.92. The third-order valence-electron chi connectivity index (χ3n) is 3.95. The largest absolute Gasteiger partial charge is 0.272 e. The molecular formula is C16H23N3O2S. The van der Waals surface area contributed by atoms with Crippen molar-refractivity contribution in [3.05, 3.63) is 46.3 Å². The van der Waals surface area contributed by atoms with Gasteiger partial charge in [0.05, 0.1) is 10.6 Å². The molecule has 1 aromatic carbocycles. The van der Waals surface area contributed by atoms with Gasteiger partial charge < -0.3 is 0 Å². The minimum Gasteiger partial charge on any atom is -0.272 e. The number of aromatic nitrogens is 2. The Balaban J connectivity index is 2.10. The first kappa shape index (κ1) is 16.7. The van der Waals surface area contributed by atoms with Crippen molar-refractivity contribution < 1.29 is 8.42 Å². The summed E-state index contributed by atoms with van der Waals surface area (Å²) in [5.74, 6) is 0. The quantitative estimate of drug-likeness (QED) is 0.918. The zero-order valence-corrected chi connectivity index (χ0v) is 14.6. The van der Waals surface area contributed by atoms with E-state index in [-0.39, 0.29) is 0 Å². The zero-order chi connectivity index (χ0) is 16.5. The molecule has 0 saturated heterocycles. The van der Waals surface area contributed by atoms with Crippen molar-refractivity contribution in [3.63, 3.8) is 0 Å². The van der Waals surface area contributed by atoms with Crippen molar-refractivity contribution in [2.45, 2.75) is 39.0 Å². The van der Waals surface area contributed by atoms with Crippen LogP contribution >= 0.6 is 0 Å². The van der Waals surface area contributed by atoms with Crippen molar-refractivity contribution in [1.82, 2.24) is 14.5 Å². The molecule has 0 spiro atoms. The molecule has 2 rings (SSSR count). The van der Waals surface area contributed by atoms with Gasteiger partial charge in [-0.1, -0.05) is 17.7 Å². The topological polar surface area (TPSA) is 64.0 Å². The van der Waals surface area contributed by atoms with E-state index in [4.69, 9.17) is 0 Å². The number of rotatable bonds is 5. The van der Waals surface area contributed by atoms with Gasteiger partial charge in [-0.3, -0.25) is 4.68 Å². The van der Waals surface area contributed by atoms with E-state index < -0.39 is 10.0 Å². The van der Waals surface area contributed by atoms with E-state index >= 15 is 0 Å². The molecule has 22 heavy (non-hydrogen) atoms. The molecule has 0 aliphatic heterocycles. The molecule has 0 atom stereocenters. The Labute approximate surface area is 132 Å². The summed E-state index contributed by atoms with van der Waals surface area (Å²) in [6.07, 6.45) is 0.635. The Kier molecular flexibility index (Phi) is 4.72.